The van der Waals surface area contributed by atoms with Crippen molar-refractivity contribution in [3.05, 3.63) is 44.5 Å². The normalized spacial score (nSPS) is 12.2. The number of nitrogens with one attached hydrogen (secondary N) is 1. The third-order valence-corrected chi connectivity index (χ3v) is 2.97. The summed E-state index contributed by atoms with van der Waals surface area (Å²) in [6, 6.07) is 2.98. The maximum Gasteiger partial charge on any atom is 0.337 e. The van der Waals surface area contributed by atoms with Crippen LogP contribution >= 0.6 is 0 Å². The first kappa shape index (κ1) is 13.5. The molecular formula is C12H11N3O5. The number of carbonyl (C=O) groups is 2. The summed E-state index contributed by atoms with van der Waals surface area (Å²) in [5.74, 6) is -2.13. The lowest BCUT2D eigenvalue weighted by molar-refractivity contribution is -0.120. The third-order valence-electron chi connectivity index (χ3n) is 2.97. The van der Waals surface area contributed by atoms with Crippen molar-refractivity contribution < 1.29 is 14.7 Å². The molecule has 1 unspecified atom stereocenters. The van der Waals surface area contributed by atoms with Crippen LogP contribution in [0.2, 0.25) is 0 Å². The predicted molar refractivity (Wildman–Crippen MR) is 69.7 cm³/mol. The van der Waals surface area contributed by atoms with E-state index in [4.69, 9.17) is 10.8 Å². The Balaban J connectivity index is 3.06. The molecule has 0 aliphatic carbocycles. The molecule has 1 aromatic heterocycles. The maximum atomic E-state index is 11.9. The average molecular weight is 277 g/mol. The molecule has 0 bridgehead atoms. The number of hydrogen-bond donors (Lipinski definition) is 3. The van der Waals surface area contributed by atoms with Gasteiger partial charge in [-0.3, -0.25) is 19.0 Å². The topological polar surface area (TPSA) is 135 Å². The second-order valence-electron chi connectivity index (χ2n) is 4.21. The van der Waals surface area contributed by atoms with E-state index in [9.17, 15) is 19.2 Å². The van der Waals surface area contributed by atoms with Crippen molar-refractivity contribution in [1.29, 1.82) is 0 Å². The Bertz CT molecular complexity index is 833. The zero-order valence-electron chi connectivity index (χ0n) is 10.4. The molecule has 20 heavy (non-hydrogen) atoms. The molecule has 1 aromatic carbocycles. The number of carboxylic acids is 1. The summed E-state index contributed by atoms with van der Waals surface area (Å²) in [5.41, 5.74) is 3.06. The molecule has 1 amide bonds. The van der Waals surface area contributed by atoms with Crippen LogP contribution in [0.3, 0.4) is 0 Å². The van der Waals surface area contributed by atoms with E-state index >= 15 is 0 Å². The zero-order valence-corrected chi connectivity index (χ0v) is 10.4. The zero-order chi connectivity index (χ0) is 15.0. The van der Waals surface area contributed by atoms with Crippen LogP contribution in [0.25, 0.3) is 11.0 Å². The number of aromatic carboxylic acids is 1. The van der Waals surface area contributed by atoms with Crippen molar-refractivity contribution in [2.75, 3.05) is 0 Å². The molecular weight excluding hydrogens is 266 g/mol. The highest BCUT2D eigenvalue weighted by Gasteiger charge is 2.21. The first-order valence-electron chi connectivity index (χ1n) is 5.64. The van der Waals surface area contributed by atoms with Gasteiger partial charge in [0.15, 0.2) is 0 Å². The Hall–Kier alpha value is -2.90. The van der Waals surface area contributed by atoms with Crippen molar-refractivity contribution in [3.63, 3.8) is 0 Å². The van der Waals surface area contributed by atoms with Crippen molar-refractivity contribution in [2.45, 2.75) is 13.0 Å². The molecule has 2 aromatic rings. The number of benzene rings is 1. The summed E-state index contributed by atoms with van der Waals surface area (Å²) in [7, 11) is 0. The second-order valence-corrected chi connectivity index (χ2v) is 4.21. The van der Waals surface area contributed by atoms with E-state index in [1.165, 1.54) is 25.1 Å². The summed E-state index contributed by atoms with van der Waals surface area (Å²) < 4.78 is 0.806. The van der Waals surface area contributed by atoms with Crippen LogP contribution < -0.4 is 16.9 Å². The summed E-state index contributed by atoms with van der Waals surface area (Å²) in [5, 5.41) is 9.16. The van der Waals surface area contributed by atoms with Crippen LogP contribution in [-0.4, -0.2) is 26.5 Å². The van der Waals surface area contributed by atoms with Gasteiger partial charge < -0.3 is 15.8 Å². The van der Waals surface area contributed by atoms with E-state index in [1.807, 2.05) is 0 Å². The fourth-order valence-corrected chi connectivity index (χ4v) is 1.96. The Morgan fingerprint density at radius 1 is 1.35 bits per heavy atom. The number of aromatic amines is 1. The van der Waals surface area contributed by atoms with Gasteiger partial charge in [0.25, 0.3) is 0 Å². The Kier molecular flexibility index (Phi) is 3.15. The largest absolute Gasteiger partial charge is 0.478 e. The fraction of sp³-hybridized carbons (Fsp3) is 0.167. The molecule has 0 saturated heterocycles. The number of rotatable bonds is 3. The molecule has 8 heteroatoms. The number of H-pyrrole nitrogens is 1. The van der Waals surface area contributed by atoms with Crippen LogP contribution in [0.1, 0.15) is 23.3 Å². The highest BCUT2D eigenvalue weighted by Crippen LogP contribution is 2.18. The maximum absolute atomic E-state index is 11.9. The van der Waals surface area contributed by atoms with E-state index < -0.39 is 29.0 Å². The van der Waals surface area contributed by atoms with Gasteiger partial charge >= 0.3 is 17.1 Å². The lowest BCUT2D eigenvalue weighted by Crippen LogP contribution is -2.41. The van der Waals surface area contributed by atoms with Crippen LogP contribution in [-0.2, 0) is 4.79 Å². The predicted octanol–water partition coefficient (Wildman–Crippen LogP) is -0.566. The Morgan fingerprint density at radius 3 is 2.55 bits per heavy atom. The molecule has 0 aliphatic rings. The quantitative estimate of drug-likeness (QED) is 0.646. The molecule has 2 rings (SSSR count). The number of nitrogens with two attached hydrogens (primary N) is 1. The Labute approximate surface area is 111 Å². The highest BCUT2D eigenvalue weighted by molar-refractivity contribution is 6.01. The summed E-state index contributed by atoms with van der Waals surface area (Å²) >= 11 is 0. The number of hydrogen-bond acceptors (Lipinski definition) is 4. The number of carbonyl (C=O) groups excluding carboxylic acids is 1. The van der Waals surface area contributed by atoms with E-state index in [0.29, 0.717) is 0 Å². The lowest BCUT2D eigenvalue weighted by atomic mass is 10.1. The van der Waals surface area contributed by atoms with Crippen molar-refractivity contribution in [1.82, 2.24) is 9.55 Å². The summed E-state index contributed by atoms with van der Waals surface area (Å²) in [6.07, 6.45) is 0. The monoisotopic (exact) mass is 277 g/mol. The first-order chi connectivity index (χ1) is 9.34. The minimum atomic E-state index is -1.28. The van der Waals surface area contributed by atoms with E-state index in [0.717, 1.165) is 4.57 Å². The van der Waals surface area contributed by atoms with Crippen molar-refractivity contribution in [2.24, 2.45) is 5.73 Å². The third kappa shape index (κ3) is 1.96. The van der Waals surface area contributed by atoms with Gasteiger partial charge in [0.2, 0.25) is 5.91 Å². The van der Waals surface area contributed by atoms with Crippen LogP contribution in [0.5, 0.6) is 0 Å². The fourth-order valence-electron chi connectivity index (χ4n) is 1.96. The van der Waals surface area contributed by atoms with Gasteiger partial charge in [0, 0.05) is 0 Å². The van der Waals surface area contributed by atoms with E-state index in [2.05, 4.69) is 4.98 Å². The van der Waals surface area contributed by atoms with Gasteiger partial charge in [0.05, 0.1) is 16.6 Å². The SMILES string of the molecule is CC(C(N)=O)n1c(=O)c(=O)[nH]c2cccc(C(=O)O)c21. The van der Waals surface area contributed by atoms with Crippen LogP contribution in [0, 0.1) is 0 Å². The van der Waals surface area contributed by atoms with Crippen molar-refractivity contribution in [3.8, 4) is 0 Å². The molecule has 0 aliphatic heterocycles. The summed E-state index contributed by atoms with van der Waals surface area (Å²) in [6.45, 7) is 1.32. The molecule has 0 fully saturated rings. The van der Waals surface area contributed by atoms with Gasteiger partial charge in [-0.25, -0.2) is 4.79 Å². The number of nitrogens with zero attached hydrogens (tertiary/aromatic N) is 1. The van der Waals surface area contributed by atoms with Crippen molar-refractivity contribution >= 4 is 22.9 Å². The second kappa shape index (κ2) is 4.65. The summed E-state index contributed by atoms with van der Waals surface area (Å²) in [4.78, 5) is 48.3. The van der Waals surface area contributed by atoms with Crippen LogP contribution in [0.15, 0.2) is 27.8 Å². The van der Waals surface area contributed by atoms with Gasteiger partial charge in [-0.05, 0) is 19.1 Å². The molecule has 1 heterocycles. The molecule has 0 saturated carbocycles. The number of primary amides is 1. The number of carboxylic acid groups (broad SMARTS) is 1. The first-order valence-corrected chi connectivity index (χ1v) is 5.64. The smallest absolute Gasteiger partial charge is 0.337 e. The van der Waals surface area contributed by atoms with Crippen LogP contribution in [0.4, 0.5) is 0 Å². The molecule has 0 radical (unpaired) electrons. The molecule has 0 spiro atoms. The minimum absolute atomic E-state index is 0.0455. The van der Waals surface area contributed by atoms with Gasteiger partial charge in [-0.15, -0.1) is 0 Å². The standard InChI is InChI=1S/C12H11N3O5/c1-5(9(13)16)15-8-6(12(19)20)3-2-4-7(8)14-10(17)11(15)18/h2-5H,1H3,(H2,13,16)(H,14,17)(H,19,20). The van der Waals surface area contributed by atoms with E-state index in [1.54, 1.807) is 0 Å². The lowest BCUT2D eigenvalue weighted by Gasteiger charge is -2.15. The molecule has 104 valence electrons. The van der Waals surface area contributed by atoms with Gasteiger partial charge in [0.1, 0.15) is 6.04 Å². The van der Waals surface area contributed by atoms with Gasteiger partial charge in [-0.2, -0.15) is 0 Å². The van der Waals surface area contributed by atoms with Gasteiger partial charge in [-0.1, -0.05) is 6.07 Å². The minimum Gasteiger partial charge on any atom is -0.478 e. The molecule has 8 nitrogen and oxygen atoms in total. The number of aromatic nitrogens is 2. The number of para-hydroxylation sites is 1. The average Bonchev–Trinajstić information content (AvgIpc) is 2.38. The molecule has 4 N–H and O–H groups in total. The highest BCUT2D eigenvalue weighted by atomic mass is 16.4. The molecule has 1 atom stereocenters. The Morgan fingerprint density at radius 2 is 2.00 bits per heavy atom. The number of amides is 1. The van der Waals surface area contributed by atoms with E-state index in [-0.39, 0.29) is 16.6 Å². The number of fused-ring (bicyclic) bond motifs is 1.